The first kappa shape index (κ1) is 15.2. The summed E-state index contributed by atoms with van der Waals surface area (Å²) in [5, 5.41) is 3.06. The fraction of sp³-hybridized carbons (Fsp3) is 0.375. The SMILES string of the molecule is CNc1cc(N(C)Cc2ccc(F)cc2)nc(C(C)C)n1. The molecule has 0 bridgehead atoms. The molecule has 0 saturated carbocycles. The lowest BCUT2D eigenvalue weighted by Crippen LogP contribution is -2.19. The summed E-state index contributed by atoms with van der Waals surface area (Å²) in [6.07, 6.45) is 0. The Morgan fingerprint density at radius 1 is 1.19 bits per heavy atom. The Balaban J connectivity index is 2.23. The normalized spacial score (nSPS) is 10.8. The largest absolute Gasteiger partial charge is 0.373 e. The minimum atomic E-state index is -0.219. The summed E-state index contributed by atoms with van der Waals surface area (Å²) in [5.41, 5.74) is 1.04. The molecule has 21 heavy (non-hydrogen) atoms. The molecule has 0 spiro atoms. The lowest BCUT2D eigenvalue weighted by molar-refractivity contribution is 0.627. The van der Waals surface area contributed by atoms with E-state index in [4.69, 9.17) is 0 Å². The molecule has 0 atom stereocenters. The van der Waals surface area contributed by atoms with Crippen molar-refractivity contribution in [1.29, 1.82) is 0 Å². The molecule has 4 nitrogen and oxygen atoms in total. The van der Waals surface area contributed by atoms with Crippen LogP contribution in [-0.2, 0) is 6.54 Å². The topological polar surface area (TPSA) is 41.0 Å². The van der Waals surface area contributed by atoms with Crippen molar-refractivity contribution in [3.63, 3.8) is 0 Å². The van der Waals surface area contributed by atoms with Crippen LogP contribution in [0.25, 0.3) is 0 Å². The van der Waals surface area contributed by atoms with Gasteiger partial charge in [-0.15, -0.1) is 0 Å². The highest BCUT2D eigenvalue weighted by atomic mass is 19.1. The number of benzene rings is 1. The van der Waals surface area contributed by atoms with Crippen molar-refractivity contribution in [1.82, 2.24) is 9.97 Å². The molecule has 0 aliphatic carbocycles. The molecule has 0 saturated heterocycles. The third-order valence-electron chi connectivity index (χ3n) is 3.23. The van der Waals surface area contributed by atoms with Crippen LogP contribution in [0.2, 0.25) is 0 Å². The van der Waals surface area contributed by atoms with Crippen molar-refractivity contribution in [3.8, 4) is 0 Å². The maximum absolute atomic E-state index is 12.9. The molecule has 0 radical (unpaired) electrons. The minimum Gasteiger partial charge on any atom is -0.373 e. The summed E-state index contributed by atoms with van der Waals surface area (Å²) >= 11 is 0. The molecule has 0 unspecified atom stereocenters. The van der Waals surface area contributed by atoms with E-state index in [1.165, 1.54) is 12.1 Å². The maximum Gasteiger partial charge on any atom is 0.135 e. The average molecular weight is 288 g/mol. The Labute approximate surface area is 125 Å². The van der Waals surface area contributed by atoms with Crippen LogP contribution in [-0.4, -0.2) is 24.1 Å². The molecule has 0 amide bonds. The predicted molar refractivity (Wildman–Crippen MR) is 84.2 cm³/mol. The summed E-state index contributed by atoms with van der Waals surface area (Å²) in [6, 6.07) is 8.43. The molecule has 0 fully saturated rings. The van der Waals surface area contributed by atoms with Crippen LogP contribution in [0.3, 0.4) is 0 Å². The minimum absolute atomic E-state index is 0.219. The lowest BCUT2D eigenvalue weighted by Gasteiger charge is -2.20. The van der Waals surface area contributed by atoms with Crippen molar-refractivity contribution in [3.05, 3.63) is 47.5 Å². The first-order chi connectivity index (χ1) is 9.99. The van der Waals surface area contributed by atoms with Crippen molar-refractivity contribution in [2.75, 3.05) is 24.3 Å². The van der Waals surface area contributed by atoms with Gasteiger partial charge in [0.1, 0.15) is 23.3 Å². The van der Waals surface area contributed by atoms with Gasteiger partial charge < -0.3 is 10.2 Å². The second kappa shape index (κ2) is 6.52. The van der Waals surface area contributed by atoms with E-state index in [1.54, 1.807) is 12.1 Å². The van der Waals surface area contributed by atoms with E-state index in [0.717, 1.165) is 23.0 Å². The molecule has 5 heteroatoms. The number of aromatic nitrogens is 2. The van der Waals surface area contributed by atoms with Gasteiger partial charge in [-0.3, -0.25) is 0 Å². The highest BCUT2D eigenvalue weighted by Gasteiger charge is 2.11. The van der Waals surface area contributed by atoms with Gasteiger partial charge in [0, 0.05) is 32.6 Å². The molecule has 1 aromatic carbocycles. The Kier molecular flexibility index (Phi) is 4.73. The fourth-order valence-electron chi connectivity index (χ4n) is 1.98. The van der Waals surface area contributed by atoms with Crippen LogP contribution >= 0.6 is 0 Å². The number of nitrogens with zero attached hydrogens (tertiary/aromatic N) is 3. The van der Waals surface area contributed by atoms with Gasteiger partial charge in [0.25, 0.3) is 0 Å². The Bertz CT molecular complexity index is 596. The summed E-state index contributed by atoms with van der Waals surface area (Å²) < 4.78 is 12.9. The highest BCUT2D eigenvalue weighted by molar-refractivity contribution is 5.49. The standard InChI is InChI=1S/C16H21FN4/c1-11(2)16-19-14(18-3)9-15(20-16)21(4)10-12-5-7-13(17)8-6-12/h5-9,11H,10H2,1-4H3,(H,18,19,20). The highest BCUT2D eigenvalue weighted by Crippen LogP contribution is 2.20. The zero-order valence-corrected chi connectivity index (χ0v) is 12.9. The summed E-state index contributed by atoms with van der Waals surface area (Å²) in [5.74, 6) is 2.50. The molecule has 1 N–H and O–H groups in total. The third-order valence-corrected chi connectivity index (χ3v) is 3.23. The van der Waals surface area contributed by atoms with Crippen LogP contribution in [0.1, 0.15) is 31.2 Å². The smallest absolute Gasteiger partial charge is 0.135 e. The average Bonchev–Trinajstić information content (AvgIpc) is 2.49. The molecule has 112 valence electrons. The zero-order chi connectivity index (χ0) is 15.4. The molecule has 0 aliphatic heterocycles. The Hall–Kier alpha value is -2.17. The number of nitrogens with one attached hydrogen (secondary N) is 1. The maximum atomic E-state index is 12.9. The van der Waals surface area contributed by atoms with Crippen LogP contribution < -0.4 is 10.2 Å². The zero-order valence-electron chi connectivity index (χ0n) is 12.9. The lowest BCUT2D eigenvalue weighted by atomic mass is 10.2. The van der Waals surface area contributed by atoms with Crippen molar-refractivity contribution >= 4 is 11.6 Å². The van der Waals surface area contributed by atoms with E-state index < -0.39 is 0 Å². The second-order valence-corrected chi connectivity index (χ2v) is 5.36. The number of hydrogen-bond donors (Lipinski definition) is 1. The van der Waals surface area contributed by atoms with Gasteiger partial charge in [0.2, 0.25) is 0 Å². The quantitative estimate of drug-likeness (QED) is 0.915. The number of rotatable bonds is 5. The van der Waals surface area contributed by atoms with E-state index in [-0.39, 0.29) is 11.7 Å². The number of anilines is 2. The first-order valence-electron chi connectivity index (χ1n) is 7.02. The summed E-state index contributed by atoms with van der Waals surface area (Å²) in [6.45, 7) is 4.80. The van der Waals surface area contributed by atoms with Crippen LogP contribution in [0.4, 0.5) is 16.0 Å². The number of hydrogen-bond acceptors (Lipinski definition) is 4. The van der Waals surface area contributed by atoms with Crippen LogP contribution in [0.5, 0.6) is 0 Å². The Morgan fingerprint density at radius 3 is 2.43 bits per heavy atom. The molecular weight excluding hydrogens is 267 g/mol. The van der Waals surface area contributed by atoms with Gasteiger partial charge >= 0.3 is 0 Å². The monoisotopic (exact) mass is 288 g/mol. The molecule has 0 aliphatic rings. The van der Waals surface area contributed by atoms with Gasteiger partial charge in [0.05, 0.1) is 0 Å². The van der Waals surface area contributed by atoms with Gasteiger partial charge in [-0.2, -0.15) is 0 Å². The second-order valence-electron chi connectivity index (χ2n) is 5.36. The van der Waals surface area contributed by atoms with Gasteiger partial charge in [0.15, 0.2) is 0 Å². The summed E-state index contributed by atoms with van der Waals surface area (Å²) in [4.78, 5) is 11.1. The summed E-state index contributed by atoms with van der Waals surface area (Å²) in [7, 11) is 3.81. The fourth-order valence-corrected chi connectivity index (χ4v) is 1.98. The van der Waals surface area contributed by atoms with E-state index >= 15 is 0 Å². The van der Waals surface area contributed by atoms with Crippen LogP contribution in [0, 0.1) is 5.82 Å². The first-order valence-corrected chi connectivity index (χ1v) is 7.02. The number of halogens is 1. The van der Waals surface area contributed by atoms with Gasteiger partial charge in [-0.25, -0.2) is 14.4 Å². The van der Waals surface area contributed by atoms with E-state index in [1.807, 2.05) is 25.1 Å². The molecular formula is C16H21FN4. The van der Waals surface area contributed by atoms with E-state index in [9.17, 15) is 4.39 Å². The van der Waals surface area contributed by atoms with E-state index in [0.29, 0.717) is 6.54 Å². The van der Waals surface area contributed by atoms with Gasteiger partial charge in [-0.05, 0) is 17.7 Å². The predicted octanol–water partition coefficient (Wildman–Crippen LogP) is 3.42. The molecule has 2 rings (SSSR count). The third kappa shape index (κ3) is 3.90. The van der Waals surface area contributed by atoms with Crippen molar-refractivity contribution < 1.29 is 4.39 Å². The Morgan fingerprint density at radius 2 is 1.86 bits per heavy atom. The molecule has 1 aromatic heterocycles. The molecule has 2 aromatic rings. The van der Waals surface area contributed by atoms with E-state index in [2.05, 4.69) is 29.1 Å². The van der Waals surface area contributed by atoms with Gasteiger partial charge in [-0.1, -0.05) is 26.0 Å². The van der Waals surface area contributed by atoms with Crippen molar-refractivity contribution in [2.24, 2.45) is 0 Å². The van der Waals surface area contributed by atoms with Crippen LogP contribution in [0.15, 0.2) is 30.3 Å². The molecule has 1 heterocycles. The van der Waals surface area contributed by atoms with Crippen molar-refractivity contribution in [2.45, 2.75) is 26.3 Å².